The molecule has 0 aromatic heterocycles. The standard InChI is InChI=1S/C23H28ClN3O3/c1-16-13-27(19-5-3-18(24)4-6-19)11-10-26(16)14-20(28)15-30-21-7-8-22-17(12-21)2-9-23(29)25-22/h3-8,12,16,20,28H,2,9-11,13-15H2,1H3,(H,25,29)/t16-,20?/m0/s1. The number of nitrogens with one attached hydrogen (secondary N) is 1. The number of amides is 1. The zero-order valence-corrected chi connectivity index (χ0v) is 17.9. The van der Waals surface area contributed by atoms with Gasteiger partial charge in [-0.1, -0.05) is 11.6 Å². The largest absolute Gasteiger partial charge is 0.491 e. The van der Waals surface area contributed by atoms with Gasteiger partial charge in [0.1, 0.15) is 18.5 Å². The van der Waals surface area contributed by atoms with E-state index in [0.29, 0.717) is 19.0 Å². The highest BCUT2D eigenvalue weighted by atomic mass is 35.5. The second-order valence-corrected chi connectivity index (χ2v) is 8.53. The van der Waals surface area contributed by atoms with E-state index in [1.165, 1.54) is 5.69 Å². The Bertz CT molecular complexity index is 890. The lowest BCUT2D eigenvalue weighted by Crippen LogP contribution is -2.54. The van der Waals surface area contributed by atoms with E-state index in [2.05, 4.69) is 34.2 Å². The first-order chi connectivity index (χ1) is 14.5. The summed E-state index contributed by atoms with van der Waals surface area (Å²) in [7, 11) is 0. The fourth-order valence-electron chi connectivity index (χ4n) is 4.12. The van der Waals surface area contributed by atoms with Crippen molar-refractivity contribution in [2.75, 3.05) is 43.0 Å². The van der Waals surface area contributed by atoms with Gasteiger partial charge in [0.2, 0.25) is 5.91 Å². The molecule has 1 fully saturated rings. The van der Waals surface area contributed by atoms with Gasteiger partial charge in [-0.15, -0.1) is 0 Å². The molecule has 4 rings (SSSR count). The summed E-state index contributed by atoms with van der Waals surface area (Å²) in [5, 5.41) is 14.1. The van der Waals surface area contributed by atoms with Crippen molar-refractivity contribution in [3.8, 4) is 5.75 Å². The highest BCUT2D eigenvalue weighted by Gasteiger charge is 2.26. The monoisotopic (exact) mass is 429 g/mol. The average molecular weight is 430 g/mol. The number of β-amino-alcohol motifs (C(OH)–C–C–N with tert-alkyl or cyclic N) is 1. The van der Waals surface area contributed by atoms with Gasteiger partial charge in [-0.05, 0) is 61.4 Å². The number of aliphatic hydroxyl groups is 1. The lowest BCUT2D eigenvalue weighted by molar-refractivity contribution is -0.116. The molecule has 0 aliphatic carbocycles. The van der Waals surface area contributed by atoms with Crippen molar-refractivity contribution in [3.05, 3.63) is 53.1 Å². The van der Waals surface area contributed by atoms with E-state index >= 15 is 0 Å². The molecule has 2 aromatic rings. The molecule has 2 aromatic carbocycles. The molecule has 160 valence electrons. The number of aryl methyl sites for hydroxylation is 1. The minimum atomic E-state index is -0.565. The Morgan fingerprint density at radius 1 is 1.20 bits per heavy atom. The van der Waals surface area contributed by atoms with Crippen molar-refractivity contribution in [2.45, 2.75) is 31.9 Å². The third kappa shape index (κ3) is 5.06. The Hall–Kier alpha value is -2.28. The predicted molar refractivity (Wildman–Crippen MR) is 120 cm³/mol. The Balaban J connectivity index is 1.26. The number of anilines is 2. The van der Waals surface area contributed by atoms with Crippen LogP contribution in [0, 0.1) is 0 Å². The average Bonchev–Trinajstić information content (AvgIpc) is 2.74. The molecule has 0 radical (unpaired) electrons. The number of hydrogen-bond acceptors (Lipinski definition) is 5. The van der Waals surface area contributed by atoms with Crippen LogP contribution in [0.4, 0.5) is 11.4 Å². The van der Waals surface area contributed by atoms with E-state index in [1.54, 1.807) is 0 Å². The number of carbonyl (C=O) groups excluding carboxylic acids is 1. The summed E-state index contributed by atoms with van der Waals surface area (Å²) in [5.41, 5.74) is 3.11. The summed E-state index contributed by atoms with van der Waals surface area (Å²) in [6.45, 7) is 5.72. The Morgan fingerprint density at radius 2 is 2.00 bits per heavy atom. The molecule has 0 bridgehead atoms. The van der Waals surface area contributed by atoms with Gasteiger partial charge in [0.05, 0.1) is 0 Å². The molecule has 2 heterocycles. The molecule has 2 aliphatic heterocycles. The maximum atomic E-state index is 11.5. The summed E-state index contributed by atoms with van der Waals surface area (Å²) < 4.78 is 5.83. The topological polar surface area (TPSA) is 65.0 Å². The molecule has 2 N–H and O–H groups in total. The summed E-state index contributed by atoms with van der Waals surface area (Å²) >= 11 is 5.99. The van der Waals surface area contributed by atoms with E-state index in [9.17, 15) is 9.90 Å². The number of carbonyl (C=O) groups is 1. The first-order valence-electron chi connectivity index (χ1n) is 10.5. The van der Waals surface area contributed by atoms with Crippen LogP contribution in [0.5, 0.6) is 5.75 Å². The third-order valence-electron chi connectivity index (χ3n) is 5.82. The van der Waals surface area contributed by atoms with Crippen molar-refractivity contribution in [1.29, 1.82) is 0 Å². The van der Waals surface area contributed by atoms with Crippen molar-refractivity contribution < 1.29 is 14.6 Å². The van der Waals surface area contributed by atoms with Crippen LogP contribution in [0.1, 0.15) is 18.9 Å². The van der Waals surface area contributed by atoms with Crippen molar-refractivity contribution in [2.24, 2.45) is 0 Å². The van der Waals surface area contributed by atoms with Crippen LogP contribution < -0.4 is 15.0 Å². The maximum Gasteiger partial charge on any atom is 0.224 e. The van der Waals surface area contributed by atoms with Crippen LogP contribution in [0.25, 0.3) is 0 Å². The molecule has 6 nitrogen and oxygen atoms in total. The number of ether oxygens (including phenoxy) is 1. The van der Waals surface area contributed by atoms with Gasteiger partial charge in [-0.2, -0.15) is 0 Å². The van der Waals surface area contributed by atoms with Crippen LogP contribution in [0.15, 0.2) is 42.5 Å². The fourth-order valence-corrected chi connectivity index (χ4v) is 4.24. The van der Waals surface area contributed by atoms with E-state index in [-0.39, 0.29) is 12.5 Å². The molecule has 0 spiro atoms. The number of fused-ring (bicyclic) bond motifs is 1. The third-order valence-corrected chi connectivity index (χ3v) is 6.07. The van der Waals surface area contributed by atoms with E-state index in [4.69, 9.17) is 16.3 Å². The smallest absolute Gasteiger partial charge is 0.224 e. The minimum absolute atomic E-state index is 0.0527. The fraction of sp³-hybridized carbons (Fsp3) is 0.435. The van der Waals surface area contributed by atoms with E-state index in [0.717, 1.165) is 48.1 Å². The SMILES string of the molecule is C[C@H]1CN(c2ccc(Cl)cc2)CCN1CC(O)COc1ccc2c(c1)CCC(=O)N2. The molecular formula is C23H28ClN3O3. The number of nitrogens with zero attached hydrogens (tertiary/aromatic N) is 2. The summed E-state index contributed by atoms with van der Waals surface area (Å²) in [6, 6.07) is 13.9. The normalized spacial score (nSPS) is 20.4. The van der Waals surface area contributed by atoms with Crippen molar-refractivity contribution >= 4 is 28.9 Å². The Morgan fingerprint density at radius 3 is 2.77 bits per heavy atom. The quantitative estimate of drug-likeness (QED) is 0.738. The molecule has 1 saturated heterocycles. The first kappa shape index (κ1) is 21.0. The van der Waals surface area contributed by atoms with Crippen LogP contribution >= 0.6 is 11.6 Å². The predicted octanol–water partition coefficient (Wildman–Crippen LogP) is 3.18. The second kappa shape index (κ2) is 9.25. The van der Waals surface area contributed by atoms with Crippen LogP contribution in [0.3, 0.4) is 0 Å². The number of rotatable bonds is 6. The molecule has 1 unspecified atom stereocenters. The van der Waals surface area contributed by atoms with Gasteiger partial charge < -0.3 is 20.1 Å². The first-order valence-corrected chi connectivity index (χ1v) is 10.8. The maximum absolute atomic E-state index is 11.5. The Kier molecular flexibility index (Phi) is 6.46. The zero-order valence-electron chi connectivity index (χ0n) is 17.2. The lowest BCUT2D eigenvalue weighted by Gasteiger charge is -2.41. The van der Waals surface area contributed by atoms with Gasteiger partial charge >= 0.3 is 0 Å². The van der Waals surface area contributed by atoms with Crippen LogP contribution in [-0.2, 0) is 11.2 Å². The van der Waals surface area contributed by atoms with Crippen molar-refractivity contribution in [1.82, 2.24) is 4.90 Å². The van der Waals surface area contributed by atoms with Crippen LogP contribution in [0.2, 0.25) is 5.02 Å². The van der Waals surface area contributed by atoms with Gasteiger partial charge in [0, 0.05) is 55.0 Å². The van der Waals surface area contributed by atoms with Gasteiger partial charge in [-0.25, -0.2) is 0 Å². The second-order valence-electron chi connectivity index (χ2n) is 8.10. The lowest BCUT2D eigenvalue weighted by atomic mass is 10.0. The number of halogens is 1. The highest BCUT2D eigenvalue weighted by molar-refractivity contribution is 6.30. The molecule has 30 heavy (non-hydrogen) atoms. The molecular weight excluding hydrogens is 402 g/mol. The summed E-state index contributed by atoms with van der Waals surface area (Å²) in [4.78, 5) is 16.1. The number of piperazine rings is 1. The molecule has 1 amide bonds. The van der Waals surface area contributed by atoms with E-state index < -0.39 is 6.10 Å². The number of benzene rings is 2. The summed E-state index contributed by atoms with van der Waals surface area (Å²) in [6.07, 6.45) is 0.653. The molecule has 0 saturated carbocycles. The Labute approximate surface area is 182 Å². The van der Waals surface area contributed by atoms with Gasteiger partial charge in [0.25, 0.3) is 0 Å². The molecule has 2 aliphatic rings. The number of hydrogen-bond donors (Lipinski definition) is 2. The van der Waals surface area contributed by atoms with Crippen molar-refractivity contribution in [3.63, 3.8) is 0 Å². The zero-order chi connectivity index (χ0) is 21.1. The molecule has 2 atom stereocenters. The van der Waals surface area contributed by atoms with Gasteiger partial charge in [-0.3, -0.25) is 9.69 Å². The highest BCUT2D eigenvalue weighted by Crippen LogP contribution is 2.27. The molecule has 7 heteroatoms. The minimum Gasteiger partial charge on any atom is -0.491 e. The van der Waals surface area contributed by atoms with Crippen LogP contribution in [-0.4, -0.2) is 60.8 Å². The summed E-state index contributed by atoms with van der Waals surface area (Å²) in [5.74, 6) is 0.779. The van der Waals surface area contributed by atoms with E-state index in [1.807, 2.05) is 30.3 Å². The number of aliphatic hydroxyl groups excluding tert-OH is 1. The van der Waals surface area contributed by atoms with Gasteiger partial charge in [0.15, 0.2) is 0 Å².